The Kier molecular flexibility index (Phi) is 4.83. The van der Waals surface area contributed by atoms with E-state index in [2.05, 4.69) is 24.2 Å². The van der Waals surface area contributed by atoms with E-state index in [0.717, 1.165) is 25.1 Å². The maximum atomic E-state index is 12.9. The Labute approximate surface area is 142 Å². The Morgan fingerprint density at radius 3 is 2.50 bits per heavy atom. The van der Waals surface area contributed by atoms with Crippen molar-refractivity contribution in [3.8, 4) is 5.88 Å². The first-order chi connectivity index (χ1) is 11.6. The van der Waals surface area contributed by atoms with Crippen LogP contribution >= 0.6 is 0 Å². The van der Waals surface area contributed by atoms with Gasteiger partial charge in [0, 0.05) is 13.1 Å². The molecular formula is C18H24N4O2. The molecule has 6 heteroatoms. The fourth-order valence-corrected chi connectivity index (χ4v) is 3.48. The summed E-state index contributed by atoms with van der Waals surface area (Å²) in [5.74, 6) is 1.34. The zero-order valence-electron chi connectivity index (χ0n) is 14.5. The first-order valence-corrected chi connectivity index (χ1v) is 8.39. The average Bonchev–Trinajstić information content (AvgIpc) is 2.96. The van der Waals surface area contributed by atoms with Gasteiger partial charge in [0.2, 0.25) is 11.6 Å². The normalized spacial score (nSPS) is 20.9. The highest BCUT2D eigenvalue weighted by molar-refractivity contribution is 5.94. The number of piperidine rings is 1. The number of hydrogen-bond donors (Lipinski definition) is 0. The highest BCUT2D eigenvalue weighted by Crippen LogP contribution is 2.25. The summed E-state index contributed by atoms with van der Waals surface area (Å²) >= 11 is 0. The summed E-state index contributed by atoms with van der Waals surface area (Å²) in [7, 11) is 1.55. The van der Waals surface area contributed by atoms with Crippen LogP contribution in [0.5, 0.6) is 5.88 Å². The van der Waals surface area contributed by atoms with Crippen molar-refractivity contribution in [1.82, 2.24) is 19.9 Å². The zero-order chi connectivity index (χ0) is 17.1. The number of carbonyl (C=O) groups excluding carboxylic acids is 1. The summed E-state index contributed by atoms with van der Waals surface area (Å²) < 4.78 is 7.08. The van der Waals surface area contributed by atoms with Gasteiger partial charge in [-0.1, -0.05) is 49.4 Å². The van der Waals surface area contributed by atoms with Gasteiger partial charge in [0.15, 0.2) is 0 Å². The second kappa shape index (κ2) is 7.03. The molecule has 0 spiro atoms. The van der Waals surface area contributed by atoms with Crippen LogP contribution in [0.1, 0.15) is 36.3 Å². The van der Waals surface area contributed by atoms with Crippen LogP contribution in [-0.4, -0.2) is 46.0 Å². The van der Waals surface area contributed by atoms with Crippen molar-refractivity contribution in [2.75, 3.05) is 20.2 Å². The van der Waals surface area contributed by atoms with Gasteiger partial charge in [-0.05, 0) is 23.8 Å². The topological polar surface area (TPSA) is 60.2 Å². The third-order valence-corrected chi connectivity index (χ3v) is 4.42. The van der Waals surface area contributed by atoms with Crippen LogP contribution in [0.4, 0.5) is 0 Å². The van der Waals surface area contributed by atoms with Crippen molar-refractivity contribution in [3.05, 3.63) is 41.6 Å². The minimum Gasteiger partial charge on any atom is -0.479 e. The summed E-state index contributed by atoms with van der Waals surface area (Å²) in [6.07, 6.45) is 1.15. The molecule has 24 heavy (non-hydrogen) atoms. The number of likely N-dealkylation sites (tertiary alicyclic amines) is 1. The van der Waals surface area contributed by atoms with Gasteiger partial charge in [0.05, 0.1) is 13.7 Å². The van der Waals surface area contributed by atoms with Crippen LogP contribution in [0.3, 0.4) is 0 Å². The maximum absolute atomic E-state index is 12.9. The lowest BCUT2D eigenvalue weighted by atomic mass is 9.92. The molecule has 1 aliphatic rings. The number of aromatic nitrogens is 3. The van der Waals surface area contributed by atoms with Crippen molar-refractivity contribution in [2.45, 2.75) is 26.8 Å². The van der Waals surface area contributed by atoms with Gasteiger partial charge >= 0.3 is 0 Å². The Morgan fingerprint density at radius 2 is 1.88 bits per heavy atom. The van der Waals surface area contributed by atoms with Gasteiger partial charge in [-0.2, -0.15) is 0 Å². The van der Waals surface area contributed by atoms with Crippen LogP contribution in [0.15, 0.2) is 30.3 Å². The second-order valence-electron chi connectivity index (χ2n) is 6.75. The third-order valence-electron chi connectivity index (χ3n) is 4.42. The molecule has 6 nitrogen and oxygen atoms in total. The lowest BCUT2D eigenvalue weighted by Gasteiger charge is -2.34. The highest BCUT2D eigenvalue weighted by Gasteiger charge is 2.30. The number of amides is 1. The number of carbonyl (C=O) groups is 1. The van der Waals surface area contributed by atoms with Crippen LogP contribution in [0.2, 0.25) is 0 Å². The number of methoxy groups -OCH3 is 1. The van der Waals surface area contributed by atoms with E-state index in [-0.39, 0.29) is 5.91 Å². The van der Waals surface area contributed by atoms with Crippen molar-refractivity contribution >= 4 is 5.91 Å². The lowest BCUT2D eigenvalue weighted by molar-refractivity contribution is 0.0613. The summed E-state index contributed by atoms with van der Waals surface area (Å²) in [6.45, 7) is 6.41. The van der Waals surface area contributed by atoms with E-state index < -0.39 is 0 Å². The number of ether oxygens (including phenoxy) is 1. The number of hydrogen-bond acceptors (Lipinski definition) is 4. The van der Waals surface area contributed by atoms with Crippen molar-refractivity contribution in [3.63, 3.8) is 0 Å². The largest absolute Gasteiger partial charge is 0.479 e. The number of benzene rings is 1. The molecule has 2 heterocycles. The van der Waals surface area contributed by atoms with Crippen molar-refractivity contribution in [2.24, 2.45) is 11.8 Å². The minimum absolute atomic E-state index is 0.0930. The van der Waals surface area contributed by atoms with E-state index in [1.165, 1.54) is 0 Å². The molecule has 0 saturated carbocycles. The molecule has 1 aliphatic heterocycles. The first kappa shape index (κ1) is 16.5. The molecule has 128 valence electrons. The molecule has 1 aromatic carbocycles. The Hall–Kier alpha value is -2.37. The zero-order valence-corrected chi connectivity index (χ0v) is 14.5. The Morgan fingerprint density at radius 1 is 1.21 bits per heavy atom. The fourth-order valence-electron chi connectivity index (χ4n) is 3.48. The lowest BCUT2D eigenvalue weighted by Crippen LogP contribution is -2.42. The molecule has 0 unspecified atom stereocenters. The molecule has 1 fully saturated rings. The van der Waals surface area contributed by atoms with Crippen molar-refractivity contribution < 1.29 is 9.53 Å². The second-order valence-corrected chi connectivity index (χ2v) is 6.75. The summed E-state index contributed by atoms with van der Waals surface area (Å²) in [6, 6.07) is 9.94. The van der Waals surface area contributed by atoms with Crippen molar-refractivity contribution in [1.29, 1.82) is 0 Å². The van der Waals surface area contributed by atoms with Crippen LogP contribution in [0.25, 0.3) is 0 Å². The molecule has 1 saturated heterocycles. The maximum Gasteiger partial charge on any atom is 0.280 e. The molecule has 2 atom stereocenters. The van der Waals surface area contributed by atoms with Gasteiger partial charge in [0.1, 0.15) is 0 Å². The quantitative estimate of drug-likeness (QED) is 0.865. The molecule has 1 aromatic heterocycles. The fraction of sp³-hybridized carbons (Fsp3) is 0.500. The summed E-state index contributed by atoms with van der Waals surface area (Å²) in [5, 5.41) is 8.24. The van der Waals surface area contributed by atoms with E-state index in [1.54, 1.807) is 11.8 Å². The molecule has 0 radical (unpaired) electrons. The first-order valence-electron chi connectivity index (χ1n) is 8.39. The SMILES string of the molecule is COc1c(C(=O)N2C[C@H](C)C[C@H](C)C2)nnn1Cc1ccccc1. The minimum atomic E-state index is -0.0930. The highest BCUT2D eigenvalue weighted by atomic mass is 16.5. The van der Waals surface area contributed by atoms with E-state index in [4.69, 9.17) is 4.74 Å². The molecule has 2 aromatic rings. The van der Waals surface area contributed by atoms with Gasteiger partial charge in [-0.3, -0.25) is 4.79 Å². The predicted octanol–water partition coefficient (Wildman–Crippen LogP) is 2.45. The van der Waals surface area contributed by atoms with Gasteiger partial charge in [0.25, 0.3) is 5.91 Å². The van der Waals surface area contributed by atoms with Crippen LogP contribution in [-0.2, 0) is 6.54 Å². The molecular weight excluding hydrogens is 304 g/mol. The van der Waals surface area contributed by atoms with Gasteiger partial charge in [-0.15, -0.1) is 5.10 Å². The van der Waals surface area contributed by atoms with E-state index in [9.17, 15) is 4.79 Å². The van der Waals surface area contributed by atoms with Crippen LogP contribution < -0.4 is 4.74 Å². The molecule has 1 amide bonds. The Bertz CT molecular complexity index is 688. The van der Waals surface area contributed by atoms with E-state index in [0.29, 0.717) is 30.0 Å². The number of rotatable bonds is 4. The molecule has 0 aliphatic carbocycles. The molecule has 3 rings (SSSR count). The third kappa shape index (κ3) is 3.42. The standard InChI is InChI=1S/C18H24N4O2/c1-13-9-14(2)11-21(10-13)17(23)16-18(24-3)22(20-19-16)12-15-7-5-4-6-8-15/h4-8,13-14H,9-12H2,1-3H3/t13-,14+. The van der Waals surface area contributed by atoms with E-state index in [1.807, 2.05) is 35.2 Å². The average molecular weight is 328 g/mol. The monoisotopic (exact) mass is 328 g/mol. The van der Waals surface area contributed by atoms with Crippen LogP contribution in [0, 0.1) is 11.8 Å². The smallest absolute Gasteiger partial charge is 0.280 e. The van der Waals surface area contributed by atoms with Gasteiger partial charge in [-0.25, -0.2) is 4.68 Å². The molecule has 0 bridgehead atoms. The predicted molar refractivity (Wildman–Crippen MR) is 91.0 cm³/mol. The summed E-state index contributed by atoms with van der Waals surface area (Å²) in [4.78, 5) is 14.7. The number of nitrogens with zero attached hydrogens (tertiary/aromatic N) is 4. The Balaban J connectivity index is 1.82. The van der Waals surface area contributed by atoms with Gasteiger partial charge < -0.3 is 9.64 Å². The molecule has 0 N–H and O–H groups in total. The summed E-state index contributed by atoms with van der Waals surface area (Å²) in [5.41, 5.74) is 1.38. The van der Waals surface area contributed by atoms with E-state index >= 15 is 0 Å².